The van der Waals surface area contributed by atoms with Crippen molar-refractivity contribution in [3.05, 3.63) is 0 Å². The van der Waals surface area contributed by atoms with Gasteiger partial charge in [0.1, 0.15) is 6.04 Å². The summed E-state index contributed by atoms with van der Waals surface area (Å²) >= 11 is 0. The van der Waals surface area contributed by atoms with Crippen molar-refractivity contribution in [3.63, 3.8) is 0 Å². The highest BCUT2D eigenvalue weighted by atomic mass is 16.7. The maximum absolute atomic E-state index is 13.7. The van der Waals surface area contributed by atoms with E-state index in [0.29, 0.717) is 69.9 Å². The fourth-order valence-corrected chi connectivity index (χ4v) is 5.35. The van der Waals surface area contributed by atoms with Crippen LogP contribution < -0.4 is 5.32 Å². The van der Waals surface area contributed by atoms with Gasteiger partial charge in [0, 0.05) is 51.5 Å². The standard InChI is InChI=1S/C25H46N4O4/c1-18(2)13-21-23(30)29(12-9-26-21)22(14-19(3)4)24(31)28-10-7-25(8-11-28)32-16-20(17-33-25)15-27(5)6/h18-22,26H,7-17H2,1-6H3/t21-,22?/m0/s1. The molecule has 0 aromatic rings. The van der Waals surface area contributed by atoms with E-state index in [1.165, 1.54) is 0 Å². The smallest absolute Gasteiger partial charge is 0.245 e. The average Bonchev–Trinajstić information content (AvgIpc) is 2.75. The molecule has 2 amide bonds. The molecule has 0 bridgehead atoms. The second kappa shape index (κ2) is 11.5. The van der Waals surface area contributed by atoms with Crippen molar-refractivity contribution in [2.45, 2.75) is 71.2 Å². The summed E-state index contributed by atoms with van der Waals surface area (Å²) in [5.41, 5.74) is 0. The molecule has 190 valence electrons. The third kappa shape index (κ3) is 6.90. The maximum atomic E-state index is 13.7. The summed E-state index contributed by atoms with van der Waals surface area (Å²) in [6, 6.07) is -0.578. The van der Waals surface area contributed by atoms with Gasteiger partial charge in [-0.25, -0.2) is 0 Å². The van der Waals surface area contributed by atoms with Gasteiger partial charge in [-0.3, -0.25) is 9.59 Å². The van der Waals surface area contributed by atoms with Gasteiger partial charge in [0.15, 0.2) is 5.79 Å². The summed E-state index contributed by atoms with van der Waals surface area (Å²) in [5, 5.41) is 3.36. The first kappa shape index (κ1) is 26.4. The maximum Gasteiger partial charge on any atom is 0.245 e. The Balaban J connectivity index is 1.61. The Hall–Kier alpha value is -1.22. The summed E-state index contributed by atoms with van der Waals surface area (Å²) in [5.74, 6) is 0.752. The Morgan fingerprint density at radius 1 is 1.09 bits per heavy atom. The molecule has 3 rings (SSSR count). The highest BCUT2D eigenvalue weighted by molar-refractivity contribution is 5.90. The number of amides is 2. The number of carbonyl (C=O) groups excluding carboxylic acids is 2. The van der Waals surface area contributed by atoms with Crippen molar-refractivity contribution in [2.75, 3.05) is 60.0 Å². The first-order valence-corrected chi connectivity index (χ1v) is 12.9. The van der Waals surface area contributed by atoms with E-state index in [9.17, 15) is 9.59 Å². The average molecular weight is 467 g/mol. The molecular formula is C25H46N4O4. The molecule has 8 nitrogen and oxygen atoms in total. The van der Waals surface area contributed by atoms with Crippen LogP contribution in [0.1, 0.15) is 53.4 Å². The van der Waals surface area contributed by atoms with Crippen molar-refractivity contribution in [1.29, 1.82) is 0 Å². The predicted octanol–water partition coefficient (Wildman–Crippen LogP) is 1.79. The van der Waals surface area contributed by atoms with Gasteiger partial charge in [-0.15, -0.1) is 0 Å². The minimum atomic E-state index is -0.555. The van der Waals surface area contributed by atoms with Crippen LogP contribution in [0.25, 0.3) is 0 Å². The van der Waals surface area contributed by atoms with E-state index in [0.717, 1.165) is 19.5 Å². The van der Waals surface area contributed by atoms with Crippen LogP contribution in [-0.2, 0) is 19.1 Å². The number of piperazine rings is 1. The number of hydrogen-bond acceptors (Lipinski definition) is 6. The van der Waals surface area contributed by atoms with Crippen LogP contribution in [0.15, 0.2) is 0 Å². The van der Waals surface area contributed by atoms with Crippen LogP contribution in [0.3, 0.4) is 0 Å². The molecule has 1 spiro atoms. The van der Waals surface area contributed by atoms with E-state index in [-0.39, 0.29) is 23.9 Å². The number of likely N-dealkylation sites (tertiary alicyclic amines) is 1. The quantitative estimate of drug-likeness (QED) is 0.588. The number of nitrogens with one attached hydrogen (secondary N) is 1. The van der Waals surface area contributed by atoms with Crippen molar-refractivity contribution >= 4 is 11.8 Å². The molecule has 3 saturated heterocycles. The van der Waals surface area contributed by atoms with Gasteiger partial charge < -0.3 is 29.5 Å². The molecule has 0 aromatic heterocycles. The first-order chi connectivity index (χ1) is 15.6. The highest BCUT2D eigenvalue weighted by Crippen LogP contribution is 2.33. The van der Waals surface area contributed by atoms with Crippen LogP contribution in [0, 0.1) is 17.8 Å². The summed E-state index contributed by atoms with van der Waals surface area (Å²) in [6.07, 6.45) is 2.87. The third-order valence-electron chi connectivity index (χ3n) is 7.01. The predicted molar refractivity (Wildman–Crippen MR) is 129 cm³/mol. The lowest BCUT2D eigenvalue weighted by Crippen LogP contribution is -2.63. The molecule has 2 atom stereocenters. The highest BCUT2D eigenvalue weighted by Gasteiger charge is 2.44. The number of ether oxygens (including phenoxy) is 2. The molecule has 3 aliphatic heterocycles. The molecule has 3 heterocycles. The molecule has 0 saturated carbocycles. The summed E-state index contributed by atoms with van der Waals surface area (Å²) in [6.45, 7) is 13.4. The number of hydrogen-bond donors (Lipinski definition) is 1. The van der Waals surface area contributed by atoms with Crippen LogP contribution in [-0.4, -0.2) is 104 Å². The Kier molecular flexibility index (Phi) is 9.17. The Morgan fingerprint density at radius 3 is 2.27 bits per heavy atom. The van der Waals surface area contributed by atoms with Gasteiger partial charge in [0.25, 0.3) is 0 Å². The van der Waals surface area contributed by atoms with Crippen molar-refractivity contribution in [3.8, 4) is 0 Å². The van der Waals surface area contributed by atoms with Crippen LogP contribution in [0.4, 0.5) is 0 Å². The van der Waals surface area contributed by atoms with Crippen molar-refractivity contribution in [2.24, 2.45) is 17.8 Å². The number of rotatable bonds is 8. The molecule has 0 aliphatic carbocycles. The lowest BCUT2D eigenvalue weighted by atomic mass is 9.95. The molecule has 1 unspecified atom stereocenters. The topological polar surface area (TPSA) is 74.4 Å². The normalized spacial score (nSPS) is 25.5. The molecular weight excluding hydrogens is 420 g/mol. The third-order valence-corrected chi connectivity index (χ3v) is 7.01. The second-order valence-corrected chi connectivity index (χ2v) is 11.3. The summed E-state index contributed by atoms with van der Waals surface area (Å²) in [4.78, 5) is 32.9. The lowest BCUT2D eigenvalue weighted by Gasteiger charge is -2.47. The fourth-order valence-electron chi connectivity index (χ4n) is 5.35. The molecule has 1 N–H and O–H groups in total. The van der Waals surface area contributed by atoms with Gasteiger partial charge in [0.2, 0.25) is 11.8 Å². The minimum absolute atomic E-state index is 0.0771. The summed E-state index contributed by atoms with van der Waals surface area (Å²) < 4.78 is 12.4. The van der Waals surface area contributed by atoms with Crippen LogP contribution >= 0.6 is 0 Å². The number of piperidine rings is 1. The van der Waals surface area contributed by atoms with Crippen LogP contribution in [0.2, 0.25) is 0 Å². The van der Waals surface area contributed by atoms with E-state index in [1.807, 2.05) is 9.80 Å². The van der Waals surface area contributed by atoms with E-state index in [1.54, 1.807) is 0 Å². The molecule has 3 aliphatic rings. The largest absolute Gasteiger partial charge is 0.349 e. The molecule has 0 aromatic carbocycles. The number of carbonyl (C=O) groups is 2. The zero-order chi connectivity index (χ0) is 24.2. The fraction of sp³-hybridized carbons (Fsp3) is 0.920. The zero-order valence-corrected chi connectivity index (χ0v) is 21.6. The van der Waals surface area contributed by atoms with E-state index in [2.05, 4.69) is 52.0 Å². The van der Waals surface area contributed by atoms with Gasteiger partial charge in [-0.2, -0.15) is 0 Å². The minimum Gasteiger partial charge on any atom is -0.349 e. The summed E-state index contributed by atoms with van der Waals surface area (Å²) in [7, 11) is 4.13. The first-order valence-electron chi connectivity index (χ1n) is 12.9. The van der Waals surface area contributed by atoms with Crippen molar-refractivity contribution in [1.82, 2.24) is 20.0 Å². The van der Waals surface area contributed by atoms with Gasteiger partial charge in [-0.1, -0.05) is 27.7 Å². The van der Waals surface area contributed by atoms with Gasteiger partial charge in [0.05, 0.1) is 19.3 Å². The Labute approximate surface area is 200 Å². The SMILES string of the molecule is CC(C)CC(C(=O)N1CCC2(CC1)OCC(CN(C)C)CO2)N1CCN[C@@H](CC(C)C)C1=O. The van der Waals surface area contributed by atoms with Crippen LogP contribution in [0.5, 0.6) is 0 Å². The van der Waals surface area contributed by atoms with Crippen molar-refractivity contribution < 1.29 is 19.1 Å². The molecule has 3 fully saturated rings. The molecule has 33 heavy (non-hydrogen) atoms. The number of nitrogens with zero attached hydrogens (tertiary/aromatic N) is 3. The Bertz CT molecular complexity index is 651. The lowest BCUT2D eigenvalue weighted by molar-refractivity contribution is -0.298. The van der Waals surface area contributed by atoms with E-state index >= 15 is 0 Å². The van der Waals surface area contributed by atoms with E-state index < -0.39 is 5.79 Å². The second-order valence-electron chi connectivity index (χ2n) is 11.3. The molecule has 8 heteroatoms. The monoisotopic (exact) mass is 466 g/mol. The van der Waals surface area contributed by atoms with E-state index in [4.69, 9.17) is 9.47 Å². The van der Waals surface area contributed by atoms with Gasteiger partial charge >= 0.3 is 0 Å². The zero-order valence-electron chi connectivity index (χ0n) is 21.6. The molecule has 0 radical (unpaired) electrons. The Morgan fingerprint density at radius 2 is 1.73 bits per heavy atom. The van der Waals surface area contributed by atoms with Gasteiger partial charge in [-0.05, 0) is 38.8 Å².